The van der Waals surface area contributed by atoms with Gasteiger partial charge >= 0.3 is 0 Å². The molecule has 0 amide bonds. The summed E-state index contributed by atoms with van der Waals surface area (Å²) >= 11 is 0. The third-order valence-corrected chi connectivity index (χ3v) is 1.93. The molecule has 1 aromatic rings. The van der Waals surface area contributed by atoms with E-state index in [0.29, 0.717) is 5.92 Å². The SMILES string of the molecule is CC(C)c1cccc(C[N+](=O)[O-])c1. The minimum atomic E-state index is -0.306. The van der Waals surface area contributed by atoms with E-state index in [-0.39, 0.29) is 11.5 Å². The summed E-state index contributed by atoms with van der Waals surface area (Å²) in [6.07, 6.45) is 0. The first-order valence-electron chi connectivity index (χ1n) is 4.30. The Morgan fingerprint density at radius 3 is 2.69 bits per heavy atom. The highest BCUT2D eigenvalue weighted by molar-refractivity contribution is 5.25. The summed E-state index contributed by atoms with van der Waals surface area (Å²) in [5, 5.41) is 10.3. The molecule has 0 aromatic heterocycles. The van der Waals surface area contributed by atoms with Crippen molar-refractivity contribution in [3.8, 4) is 0 Å². The molecule has 1 rings (SSSR count). The first kappa shape index (κ1) is 9.71. The van der Waals surface area contributed by atoms with Crippen molar-refractivity contribution in [3.05, 3.63) is 45.5 Å². The van der Waals surface area contributed by atoms with Gasteiger partial charge in [0, 0.05) is 10.5 Å². The van der Waals surface area contributed by atoms with Gasteiger partial charge in [0.2, 0.25) is 6.54 Å². The summed E-state index contributed by atoms with van der Waals surface area (Å²) in [5.74, 6) is 0.423. The van der Waals surface area contributed by atoms with E-state index in [4.69, 9.17) is 0 Å². The molecule has 0 aliphatic carbocycles. The predicted molar refractivity (Wildman–Crippen MR) is 51.2 cm³/mol. The number of benzene rings is 1. The zero-order valence-electron chi connectivity index (χ0n) is 7.86. The Hall–Kier alpha value is -1.38. The summed E-state index contributed by atoms with van der Waals surface area (Å²) in [5.41, 5.74) is 1.93. The summed E-state index contributed by atoms with van der Waals surface area (Å²) in [7, 11) is 0. The van der Waals surface area contributed by atoms with Crippen molar-refractivity contribution < 1.29 is 4.92 Å². The molecule has 0 saturated carbocycles. The Kier molecular flexibility index (Phi) is 3.01. The van der Waals surface area contributed by atoms with Crippen LogP contribution in [0.15, 0.2) is 24.3 Å². The van der Waals surface area contributed by atoms with Gasteiger partial charge in [-0.25, -0.2) is 0 Å². The highest BCUT2D eigenvalue weighted by atomic mass is 16.6. The van der Waals surface area contributed by atoms with E-state index < -0.39 is 0 Å². The smallest absolute Gasteiger partial charge is 0.228 e. The van der Waals surface area contributed by atoms with Crippen LogP contribution in [0.2, 0.25) is 0 Å². The number of rotatable bonds is 3. The fourth-order valence-electron chi connectivity index (χ4n) is 1.20. The van der Waals surface area contributed by atoms with Gasteiger partial charge in [0.05, 0.1) is 0 Å². The van der Waals surface area contributed by atoms with Crippen LogP contribution < -0.4 is 0 Å². The average Bonchev–Trinajstić information content (AvgIpc) is 2.03. The third kappa shape index (κ3) is 2.86. The Morgan fingerprint density at radius 2 is 2.15 bits per heavy atom. The van der Waals surface area contributed by atoms with Gasteiger partial charge in [0.25, 0.3) is 0 Å². The second-order valence-electron chi connectivity index (χ2n) is 3.39. The van der Waals surface area contributed by atoms with Gasteiger partial charge < -0.3 is 0 Å². The highest BCUT2D eigenvalue weighted by Gasteiger charge is 2.04. The maximum absolute atomic E-state index is 10.3. The quantitative estimate of drug-likeness (QED) is 0.528. The van der Waals surface area contributed by atoms with Crippen LogP contribution in [-0.4, -0.2) is 4.92 Å². The van der Waals surface area contributed by atoms with Crippen molar-refractivity contribution in [2.45, 2.75) is 26.3 Å². The zero-order chi connectivity index (χ0) is 9.84. The van der Waals surface area contributed by atoms with Gasteiger partial charge in [0.1, 0.15) is 0 Å². The Labute approximate surface area is 77.5 Å². The van der Waals surface area contributed by atoms with E-state index in [1.165, 1.54) is 0 Å². The Morgan fingerprint density at radius 1 is 1.46 bits per heavy atom. The van der Waals surface area contributed by atoms with Crippen molar-refractivity contribution >= 4 is 0 Å². The van der Waals surface area contributed by atoms with Crippen molar-refractivity contribution in [1.29, 1.82) is 0 Å². The molecule has 13 heavy (non-hydrogen) atoms. The minimum Gasteiger partial charge on any atom is -0.264 e. The minimum absolute atomic E-state index is 0.0828. The molecular formula is C10H13NO2. The predicted octanol–water partition coefficient (Wildman–Crippen LogP) is 2.59. The maximum Gasteiger partial charge on any atom is 0.228 e. The number of hydrogen-bond acceptors (Lipinski definition) is 2. The molecule has 0 heterocycles. The van der Waals surface area contributed by atoms with Crippen LogP contribution in [0.4, 0.5) is 0 Å². The lowest BCUT2D eigenvalue weighted by atomic mass is 10.0. The molecule has 0 atom stereocenters. The summed E-state index contributed by atoms with van der Waals surface area (Å²) < 4.78 is 0. The van der Waals surface area contributed by atoms with Crippen LogP contribution in [0.25, 0.3) is 0 Å². The van der Waals surface area contributed by atoms with Gasteiger partial charge in [-0.05, 0) is 17.5 Å². The monoisotopic (exact) mass is 179 g/mol. The summed E-state index contributed by atoms with van der Waals surface area (Å²) in [6.45, 7) is 4.07. The van der Waals surface area contributed by atoms with Gasteiger partial charge in [-0.2, -0.15) is 0 Å². The van der Waals surface area contributed by atoms with Crippen LogP contribution in [0, 0.1) is 10.1 Å². The second kappa shape index (κ2) is 4.03. The maximum atomic E-state index is 10.3. The van der Waals surface area contributed by atoms with Crippen molar-refractivity contribution in [3.63, 3.8) is 0 Å². The normalized spacial score (nSPS) is 10.4. The fraction of sp³-hybridized carbons (Fsp3) is 0.400. The van der Waals surface area contributed by atoms with Crippen LogP contribution in [0.5, 0.6) is 0 Å². The van der Waals surface area contributed by atoms with E-state index in [1.54, 1.807) is 6.07 Å². The molecule has 0 bridgehead atoms. The molecule has 3 heteroatoms. The first-order valence-corrected chi connectivity index (χ1v) is 4.30. The molecule has 0 aliphatic rings. The van der Waals surface area contributed by atoms with Gasteiger partial charge in [0.15, 0.2) is 0 Å². The third-order valence-electron chi connectivity index (χ3n) is 1.93. The molecule has 70 valence electrons. The van der Waals surface area contributed by atoms with Crippen LogP contribution in [-0.2, 0) is 6.54 Å². The molecule has 0 spiro atoms. The van der Waals surface area contributed by atoms with Gasteiger partial charge in [-0.3, -0.25) is 10.1 Å². The van der Waals surface area contributed by atoms with Gasteiger partial charge in [-0.1, -0.05) is 32.0 Å². The van der Waals surface area contributed by atoms with Crippen LogP contribution in [0.3, 0.4) is 0 Å². The van der Waals surface area contributed by atoms with E-state index in [2.05, 4.69) is 13.8 Å². The topological polar surface area (TPSA) is 43.1 Å². The summed E-state index contributed by atoms with van der Waals surface area (Å²) in [4.78, 5) is 9.95. The van der Waals surface area contributed by atoms with Crippen molar-refractivity contribution in [2.24, 2.45) is 0 Å². The molecule has 0 unspecified atom stereocenters. The molecular weight excluding hydrogens is 166 g/mol. The fourth-order valence-corrected chi connectivity index (χ4v) is 1.20. The van der Waals surface area contributed by atoms with Crippen molar-refractivity contribution in [1.82, 2.24) is 0 Å². The van der Waals surface area contributed by atoms with Crippen LogP contribution in [0.1, 0.15) is 30.9 Å². The van der Waals surface area contributed by atoms with E-state index in [0.717, 1.165) is 11.1 Å². The molecule has 0 aliphatic heterocycles. The second-order valence-corrected chi connectivity index (χ2v) is 3.39. The van der Waals surface area contributed by atoms with E-state index in [1.807, 2.05) is 18.2 Å². The Balaban J connectivity index is 2.85. The van der Waals surface area contributed by atoms with Gasteiger partial charge in [-0.15, -0.1) is 0 Å². The van der Waals surface area contributed by atoms with Crippen LogP contribution >= 0.6 is 0 Å². The van der Waals surface area contributed by atoms with E-state index >= 15 is 0 Å². The lowest BCUT2D eigenvalue weighted by Crippen LogP contribution is -1.99. The van der Waals surface area contributed by atoms with E-state index in [9.17, 15) is 10.1 Å². The standard InChI is InChI=1S/C10H13NO2/c1-8(2)10-5-3-4-9(6-10)7-11(12)13/h3-6,8H,7H2,1-2H3. The largest absolute Gasteiger partial charge is 0.264 e. The molecule has 3 nitrogen and oxygen atoms in total. The molecule has 1 aromatic carbocycles. The molecule has 0 fully saturated rings. The zero-order valence-corrected chi connectivity index (χ0v) is 7.86. The number of nitrogens with zero attached hydrogens (tertiary/aromatic N) is 1. The number of nitro groups is 1. The molecule has 0 radical (unpaired) electrons. The molecule has 0 saturated heterocycles. The van der Waals surface area contributed by atoms with Crippen molar-refractivity contribution in [2.75, 3.05) is 0 Å². The Bertz CT molecular complexity index is 308. The average molecular weight is 179 g/mol. The first-order chi connectivity index (χ1) is 6.09. The lowest BCUT2D eigenvalue weighted by Gasteiger charge is -2.05. The highest BCUT2D eigenvalue weighted by Crippen LogP contribution is 2.15. The number of hydrogen-bond donors (Lipinski definition) is 0. The lowest BCUT2D eigenvalue weighted by molar-refractivity contribution is -0.496. The summed E-state index contributed by atoms with van der Waals surface area (Å²) in [6, 6.07) is 7.55. The molecule has 0 N–H and O–H groups in total.